The van der Waals surface area contributed by atoms with E-state index in [0.29, 0.717) is 13.2 Å². The van der Waals surface area contributed by atoms with Crippen molar-refractivity contribution in [2.45, 2.75) is 12.8 Å². The first-order chi connectivity index (χ1) is 11.3. The SMILES string of the molecule is O=C(CN1CCOc2ccccc21)N1CCCc2ccccc21. The molecule has 2 aliphatic heterocycles. The number of fused-ring (bicyclic) bond motifs is 2. The molecular formula is C19H20N2O2. The van der Waals surface area contributed by atoms with Gasteiger partial charge in [-0.05, 0) is 36.6 Å². The van der Waals surface area contributed by atoms with E-state index in [1.54, 1.807) is 0 Å². The van der Waals surface area contributed by atoms with E-state index in [4.69, 9.17) is 4.74 Å². The normalized spacial score (nSPS) is 16.3. The molecule has 4 nitrogen and oxygen atoms in total. The fourth-order valence-corrected chi connectivity index (χ4v) is 3.43. The molecule has 0 aliphatic carbocycles. The van der Waals surface area contributed by atoms with E-state index in [9.17, 15) is 4.79 Å². The van der Waals surface area contributed by atoms with Crippen LogP contribution in [0, 0.1) is 0 Å². The molecule has 4 heteroatoms. The number of carbonyl (C=O) groups is 1. The predicted octanol–water partition coefficient (Wildman–Crippen LogP) is 2.86. The van der Waals surface area contributed by atoms with Crippen LogP contribution in [-0.4, -0.2) is 32.1 Å². The highest BCUT2D eigenvalue weighted by molar-refractivity contribution is 5.97. The standard InChI is InChI=1S/C19H20N2O2/c22-19(21-11-5-7-15-6-1-2-8-16(15)21)14-20-12-13-23-18-10-4-3-9-17(18)20/h1-4,6,8-10H,5,7,11-14H2. The smallest absolute Gasteiger partial charge is 0.246 e. The van der Waals surface area contributed by atoms with Crippen molar-refractivity contribution in [3.05, 3.63) is 54.1 Å². The van der Waals surface area contributed by atoms with Gasteiger partial charge in [0.1, 0.15) is 12.4 Å². The highest BCUT2D eigenvalue weighted by Crippen LogP contribution is 2.32. The van der Waals surface area contributed by atoms with Crippen LogP contribution in [0.5, 0.6) is 5.75 Å². The van der Waals surface area contributed by atoms with Gasteiger partial charge in [-0.2, -0.15) is 0 Å². The van der Waals surface area contributed by atoms with Crippen LogP contribution in [0.2, 0.25) is 0 Å². The van der Waals surface area contributed by atoms with E-state index in [1.807, 2.05) is 41.3 Å². The highest BCUT2D eigenvalue weighted by atomic mass is 16.5. The Morgan fingerprint density at radius 3 is 2.70 bits per heavy atom. The minimum Gasteiger partial charge on any atom is -0.490 e. The van der Waals surface area contributed by atoms with Crippen molar-refractivity contribution >= 4 is 17.3 Å². The van der Waals surface area contributed by atoms with Crippen molar-refractivity contribution < 1.29 is 9.53 Å². The quantitative estimate of drug-likeness (QED) is 0.855. The molecule has 23 heavy (non-hydrogen) atoms. The fraction of sp³-hybridized carbons (Fsp3) is 0.316. The summed E-state index contributed by atoms with van der Waals surface area (Å²) in [6.45, 7) is 2.58. The summed E-state index contributed by atoms with van der Waals surface area (Å²) < 4.78 is 5.67. The first kappa shape index (κ1) is 14.1. The van der Waals surface area contributed by atoms with Gasteiger partial charge in [0.15, 0.2) is 0 Å². The van der Waals surface area contributed by atoms with E-state index < -0.39 is 0 Å². The van der Waals surface area contributed by atoms with Gasteiger partial charge in [-0.25, -0.2) is 0 Å². The molecule has 0 saturated heterocycles. The Hall–Kier alpha value is -2.49. The summed E-state index contributed by atoms with van der Waals surface area (Å²) >= 11 is 0. The molecule has 0 unspecified atom stereocenters. The number of anilines is 2. The minimum absolute atomic E-state index is 0.161. The molecule has 0 aromatic heterocycles. The average Bonchev–Trinajstić information content (AvgIpc) is 2.61. The maximum absolute atomic E-state index is 12.9. The van der Waals surface area contributed by atoms with E-state index >= 15 is 0 Å². The third-order valence-electron chi connectivity index (χ3n) is 4.56. The lowest BCUT2D eigenvalue weighted by Crippen LogP contribution is -2.45. The molecule has 4 rings (SSSR count). The monoisotopic (exact) mass is 308 g/mol. The summed E-state index contributed by atoms with van der Waals surface area (Å²) in [4.78, 5) is 16.9. The summed E-state index contributed by atoms with van der Waals surface area (Å²) in [5.74, 6) is 1.03. The Morgan fingerprint density at radius 2 is 1.78 bits per heavy atom. The summed E-state index contributed by atoms with van der Waals surface area (Å²) in [7, 11) is 0. The number of nitrogens with zero attached hydrogens (tertiary/aromatic N) is 2. The van der Waals surface area contributed by atoms with Crippen LogP contribution in [-0.2, 0) is 11.2 Å². The second-order valence-electron chi connectivity index (χ2n) is 6.02. The van der Waals surface area contributed by atoms with Gasteiger partial charge in [0, 0.05) is 12.2 Å². The van der Waals surface area contributed by atoms with E-state index in [0.717, 1.165) is 43.1 Å². The molecule has 2 heterocycles. The summed E-state index contributed by atoms with van der Waals surface area (Å²) in [5.41, 5.74) is 3.36. The Labute approximate surface area is 136 Å². The van der Waals surface area contributed by atoms with Crippen molar-refractivity contribution in [1.29, 1.82) is 0 Å². The van der Waals surface area contributed by atoms with Gasteiger partial charge in [0.2, 0.25) is 5.91 Å². The number of aryl methyl sites for hydroxylation is 1. The van der Waals surface area contributed by atoms with E-state index in [2.05, 4.69) is 17.0 Å². The predicted molar refractivity (Wildman–Crippen MR) is 91.3 cm³/mol. The lowest BCUT2D eigenvalue weighted by atomic mass is 10.0. The van der Waals surface area contributed by atoms with Crippen LogP contribution < -0.4 is 14.5 Å². The second-order valence-corrected chi connectivity index (χ2v) is 6.02. The first-order valence-electron chi connectivity index (χ1n) is 8.18. The molecule has 1 amide bonds. The molecule has 0 saturated carbocycles. The third-order valence-corrected chi connectivity index (χ3v) is 4.56. The van der Waals surface area contributed by atoms with Gasteiger partial charge in [-0.3, -0.25) is 4.79 Å². The number of amides is 1. The van der Waals surface area contributed by atoms with Crippen LogP contribution >= 0.6 is 0 Å². The number of para-hydroxylation sites is 3. The van der Waals surface area contributed by atoms with E-state index in [-0.39, 0.29) is 5.91 Å². The fourth-order valence-electron chi connectivity index (χ4n) is 3.43. The molecule has 0 bridgehead atoms. The number of hydrogen-bond acceptors (Lipinski definition) is 3. The summed E-state index contributed by atoms with van der Waals surface area (Å²) in [6.07, 6.45) is 2.09. The van der Waals surface area contributed by atoms with Gasteiger partial charge >= 0.3 is 0 Å². The largest absolute Gasteiger partial charge is 0.490 e. The maximum atomic E-state index is 12.9. The molecule has 2 aliphatic rings. The Balaban J connectivity index is 1.56. The Bertz CT molecular complexity index is 729. The maximum Gasteiger partial charge on any atom is 0.246 e. The average molecular weight is 308 g/mol. The third kappa shape index (κ3) is 2.65. The van der Waals surface area contributed by atoms with Crippen LogP contribution in [0.1, 0.15) is 12.0 Å². The molecule has 0 fully saturated rings. The second kappa shape index (κ2) is 5.95. The van der Waals surface area contributed by atoms with Gasteiger partial charge in [-0.1, -0.05) is 30.3 Å². The number of carbonyl (C=O) groups excluding carboxylic acids is 1. The Morgan fingerprint density at radius 1 is 1.00 bits per heavy atom. The van der Waals surface area contributed by atoms with Gasteiger partial charge in [0.25, 0.3) is 0 Å². The van der Waals surface area contributed by atoms with Crippen molar-refractivity contribution in [3.63, 3.8) is 0 Å². The van der Waals surface area contributed by atoms with Gasteiger partial charge in [-0.15, -0.1) is 0 Å². The van der Waals surface area contributed by atoms with E-state index in [1.165, 1.54) is 5.56 Å². The van der Waals surface area contributed by atoms with Gasteiger partial charge in [0.05, 0.1) is 18.8 Å². The molecule has 0 spiro atoms. The zero-order valence-corrected chi connectivity index (χ0v) is 13.1. The van der Waals surface area contributed by atoms with Crippen molar-refractivity contribution in [1.82, 2.24) is 0 Å². The van der Waals surface area contributed by atoms with Crippen LogP contribution in [0.4, 0.5) is 11.4 Å². The molecule has 2 aromatic carbocycles. The number of benzene rings is 2. The molecule has 0 radical (unpaired) electrons. The summed E-state index contributed by atoms with van der Waals surface area (Å²) in [5, 5.41) is 0. The summed E-state index contributed by atoms with van der Waals surface area (Å²) in [6, 6.07) is 16.2. The topological polar surface area (TPSA) is 32.8 Å². The minimum atomic E-state index is 0.161. The molecule has 0 N–H and O–H groups in total. The first-order valence-corrected chi connectivity index (χ1v) is 8.18. The van der Waals surface area contributed by atoms with Crippen LogP contribution in [0.3, 0.4) is 0 Å². The molecule has 118 valence electrons. The zero-order chi connectivity index (χ0) is 15.6. The van der Waals surface area contributed by atoms with Crippen molar-refractivity contribution in [3.8, 4) is 5.75 Å². The Kier molecular flexibility index (Phi) is 3.66. The van der Waals surface area contributed by atoms with Crippen LogP contribution in [0.15, 0.2) is 48.5 Å². The molecule has 2 aromatic rings. The van der Waals surface area contributed by atoms with Gasteiger partial charge < -0.3 is 14.5 Å². The lowest BCUT2D eigenvalue weighted by molar-refractivity contribution is -0.117. The van der Waals surface area contributed by atoms with Crippen molar-refractivity contribution in [2.24, 2.45) is 0 Å². The zero-order valence-electron chi connectivity index (χ0n) is 13.1. The number of ether oxygens (including phenoxy) is 1. The molecular weight excluding hydrogens is 288 g/mol. The molecule has 0 atom stereocenters. The lowest BCUT2D eigenvalue weighted by Gasteiger charge is -2.34. The van der Waals surface area contributed by atoms with Crippen molar-refractivity contribution in [2.75, 3.05) is 36.0 Å². The number of hydrogen-bond donors (Lipinski definition) is 0. The highest BCUT2D eigenvalue weighted by Gasteiger charge is 2.26. The van der Waals surface area contributed by atoms with Crippen LogP contribution in [0.25, 0.3) is 0 Å². The number of rotatable bonds is 2.